The number of halogens is 2. The van der Waals surface area contributed by atoms with E-state index in [0.29, 0.717) is 22.6 Å². The second-order valence-corrected chi connectivity index (χ2v) is 5.85. The fraction of sp³-hybridized carbons (Fsp3) is 0.316. The molecule has 1 amide bonds. The fourth-order valence-corrected chi connectivity index (χ4v) is 2.51. The molecule has 0 aliphatic rings. The van der Waals surface area contributed by atoms with Gasteiger partial charge >= 0.3 is 0 Å². The molecule has 0 spiro atoms. The van der Waals surface area contributed by atoms with E-state index in [4.69, 9.17) is 15.2 Å². The van der Waals surface area contributed by atoms with Gasteiger partial charge in [-0.3, -0.25) is 4.79 Å². The number of nitrogens with two attached hydrogens (primary N) is 1. The molecule has 3 N–H and O–H groups in total. The van der Waals surface area contributed by atoms with Gasteiger partial charge in [0.05, 0.1) is 20.3 Å². The third-order valence-corrected chi connectivity index (χ3v) is 4.05. The summed E-state index contributed by atoms with van der Waals surface area (Å²) in [6, 6.07) is 8.73. The van der Waals surface area contributed by atoms with E-state index in [1.165, 1.54) is 26.4 Å². The predicted octanol–water partition coefficient (Wildman–Crippen LogP) is 3.45. The number of hydrogen-bond donors (Lipinski definition) is 2. The van der Waals surface area contributed by atoms with Crippen LogP contribution >= 0.6 is 12.4 Å². The zero-order valence-corrected chi connectivity index (χ0v) is 16.0. The van der Waals surface area contributed by atoms with Crippen molar-refractivity contribution in [2.24, 2.45) is 5.73 Å². The lowest BCUT2D eigenvalue weighted by atomic mass is 10.0. The molecule has 2 aromatic rings. The van der Waals surface area contributed by atoms with E-state index >= 15 is 0 Å². The Labute approximate surface area is 159 Å². The maximum atomic E-state index is 14.3. The van der Waals surface area contributed by atoms with Gasteiger partial charge in [0.1, 0.15) is 11.9 Å². The highest BCUT2D eigenvalue weighted by Crippen LogP contribution is 2.32. The van der Waals surface area contributed by atoms with Crippen LogP contribution in [0.15, 0.2) is 36.4 Å². The molecule has 0 aliphatic carbocycles. The average molecular weight is 383 g/mol. The molecule has 0 aromatic heterocycles. The number of methoxy groups -OCH3 is 2. The summed E-state index contributed by atoms with van der Waals surface area (Å²) in [6.07, 6.45) is 0. The molecule has 26 heavy (non-hydrogen) atoms. The summed E-state index contributed by atoms with van der Waals surface area (Å²) in [5.74, 6) is -0.193. The van der Waals surface area contributed by atoms with Crippen molar-refractivity contribution in [1.82, 2.24) is 5.32 Å². The molecule has 2 rings (SSSR count). The van der Waals surface area contributed by atoms with Crippen LogP contribution in [0.3, 0.4) is 0 Å². The van der Waals surface area contributed by atoms with E-state index in [0.717, 1.165) is 5.56 Å². The number of carbonyl (C=O) groups is 1. The van der Waals surface area contributed by atoms with Crippen LogP contribution in [0.25, 0.3) is 0 Å². The topological polar surface area (TPSA) is 73.6 Å². The largest absolute Gasteiger partial charge is 0.493 e. The van der Waals surface area contributed by atoms with Gasteiger partial charge < -0.3 is 20.5 Å². The van der Waals surface area contributed by atoms with E-state index in [9.17, 15) is 9.18 Å². The minimum absolute atomic E-state index is 0. The molecule has 2 aromatic carbocycles. The lowest BCUT2D eigenvalue weighted by molar-refractivity contribution is -0.123. The summed E-state index contributed by atoms with van der Waals surface area (Å²) in [7, 11) is 2.90. The minimum atomic E-state index is -0.828. The molecule has 2 atom stereocenters. The van der Waals surface area contributed by atoms with Crippen molar-refractivity contribution in [3.8, 4) is 11.5 Å². The van der Waals surface area contributed by atoms with Crippen LogP contribution in [0, 0.1) is 12.7 Å². The Kier molecular flexibility index (Phi) is 7.86. The first-order valence-electron chi connectivity index (χ1n) is 7.91. The minimum Gasteiger partial charge on any atom is -0.493 e. The number of hydrogen-bond acceptors (Lipinski definition) is 4. The first-order valence-corrected chi connectivity index (χ1v) is 7.91. The summed E-state index contributed by atoms with van der Waals surface area (Å²) < 4.78 is 24.6. The SMILES string of the molecule is COc1cc(F)c(C(C)NC(=O)C(N)c2ccc(C)cc2)cc1OC.Cl. The van der Waals surface area contributed by atoms with Gasteiger partial charge in [0.2, 0.25) is 5.91 Å². The van der Waals surface area contributed by atoms with Gasteiger partial charge in [0, 0.05) is 11.6 Å². The predicted molar refractivity (Wildman–Crippen MR) is 101 cm³/mol. The fourth-order valence-electron chi connectivity index (χ4n) is 2.51. The summed E-state index contributed by atoms with van der Waals surface area (Å²) in [4.78, 5) is 12.4. The normalized spacial score (nSPS) is 12.5. The first-order chi connectivity index (χ1) is 11.9. The van der Waals surface area contributed by atoms with Gasteiger partial charge in [-0.05, 0) is 25.5 Å². The summed E-state index contributed by atoms with van der Waals surface area (Å²) >= 11 is 0. The lowest BCUT2D eigenvalue weighted by Crippen LogP contribution is -2.36. The second kappa shape index (κ2) is 9.40. The van der Waals surface area contributed by atoms with Crippen molar-refractivity contribution in [3.05, 3.63) is 58.9 Å². The van der Waals surface area contributed by atoms with Crippen molar-refractivity contribution >= 4 is 18.3 Å². The molecule has 0 fully saturated rings. The zero-order chi connectivity index (χ0) is 18.6. The van der Waals surface area contributed by atoms with Crippen molar-refractivity contribution < 1.29 is 18.7 Å². The third kappa shape index (κ3) is 4.86. The van der Waals surface area contributed by atoms with Gasteiger partial charge in [0.15, 0.2) is 11.5 Å². The van der Waals surface area contributed by atoms with Gasteiger partial charge in [-0.15, -0.1) is 12.4 Å². The Morgan fingerprint density at radius 3 is 2.19 bits per heavy atom. The Morgan fingerprint density at radius 1 is 1.12 bits per heavy atom. The van der Waals surface area contributed by atoms with Crippen molar-refractivity contribution in [2.45, 2.75) is 25.9 Å². The molecule has 2 unspecified atom stereocenters. The number of rotatable bonds is 6. The number of ether oxygens (including phenoxy) is 2. The van der Waals surface area contributed by atoms with E-state index in [-0.39, 0.29) is 18.3 Å². The quantitative estimate of drug-likeness (QED) is 0.802. The molecular weight excluding hydrogens is 359 g/mol. The monoisotopic (exact) mass is 382 g/mol. The molecule has 142 valence electrons. The van der Waals surface area contributed by atoms with E-state index in [1.54, 1.807) is 19.1 Å². The zero-order valence-electron chi connectivity index (χ0n) is 15.2. The Bertz CT molecular complexity index is 753. The molecular formula is C19H24ClFN2O3. The highest BCUT2D eigenvalue weighted by molar-refractivity contribution is 5.85. The van der Waals surface area contributed by atoms with Crippen LogP contribution in [0.1, 0.15) is 35.7 Å². The Balaban J connectivity index is 0.00000338. The molecule has 0 saturated heterocycles. The van der Waals surface area contributed by atoms with Crippen LogP contribution < -0.4 is 20.5 Å². The molecule has 0 heterocycles. The maximum Gasteiger partial charge on any atom is 0.241 e. The van der Waals surface area contributed by atoms with Crippen LogP contribution in [0.2, 0.25) is 0 Å². The smallest absolute Gasteiger partial charge is 0.241 e. The van der Waals surface area contributed by atoms with Crippen molar-refractivity contribution in [1.29, 1.82) is 0 Å². The Morgan fingerprint density at radius 2 is 1.65 bits per heavy atom. The van der Waals surface area contributed by atoms with Crippen LogP contribution in [-0.2, 0) is 4.79 Å². The van der Waals surface area contributed by atoms with E-state index in [1.807, 2.05) is 19.1 Å². The number of aryl methyl sites for hydroxylation is 1. The Hall–Kier alpha value is -2.31. The molecule has 0 bridgehead atoms. The standard InChI is InChI=1S/C19H23FN2O3.ClH/c1-11-5-7-13(8-6-11)18(21)19(23)22-12(2)14-9-16(24-3)17(25-4)10-15(14)20;/h5-10,12,18H,21H2,1-4H3,(H,22,23);1H. The number of carbonyl (C=O) groups excluding carboxylic acids is 1. The van der Waals surface area contributed by atoms with Crippen molar-refractivity contribution in [3.63, 3.8) is 0 Å². The van der Waals surface area contributed by atoms with Gasteiger partial charge in [0.25, 0.3) is 0 Å². The molecule has 7 heteroatoms. The molecule has 0 radical (unpaired) electrons. The van der Waals surface area contributed by atoms with Crippen LogP contribution in [0.4, 0.5) is 4.39 Å². The number of amides is 1. The average Bonchev–Trinajstić information content (AvgIpc) is 2.61. The molecule has 0 saturated carbocycles. The first kappa shape index (κ1) is 21.7. The van der Waals surface area contributed by atoms with Crippen LogP contribution in [0.5, 0.6) is 11.5 Å². The third-order valence-electron chi connectivity index (χ3n) is 4.05. The summed E-state index contributed by atoms with van der Waals surface area (Å²) in [6.45, 7) is 3.64. The van der Waals surface area contributed by atoms with E-state index in [2.05, 4.69) is 5.32 Å². The van der Waals surface area contributed by atoms with Gasteiger partial charge in [-0.1, -0.05) is 29.8 Å². The highest BCUT2D eigenvalue weighted by atomic mass is 35.5. The maximum absolute atomic E-state index is 14.3. The second-order valence-electron chi connectivity index (χ2n) is 5.85. The summed E-state index contributed by atoms with van der Waals surface area (Å²) in [5, 5.41) is 2.74. The van der Waals surface area contributed by atoms with Gasteiger partial charge in [-0.2, -0.15) is 0 Å². The highest BCUT2D eigenvalue weighted by Gasteiger charge is 2.21. The van der Waals surface area contributed by atoms with Crippen molar-refractivity contribution in [2.75, 3.05) is 14.2 Å². The van der Waals surface area contributed by atoms with Crippen LogP contribution in [-0.4, -0.2) is 20.1 Å². The molecule has 0 aliphatic heterocycles. The number of benzene rings is 2. The van der Waals surface area contributed by atoms with E-state index < -0.39 is 17.9 Å². The molecule has 5 nitrogen and oxygen atoms in total. The lowest BCUT2D eigenvalue weighted by Gasteiger charge is -2.20. The van der Waals surface area contributed by atoms with Gasteiger partial charge in [-0.25, -0.2) is 4.39 Å². The number of nitrogens with one attached hydrogen (secondary N) is 1. The summed E-state index contributed by atoms with van der Waals surface area (Å²) in [5.41, 5.74) is 8.08.